The van der Waals surface area contributed by atoms with Crippen LogP contribution in [0.2, 0.25) is 13.1 Å². The number of rotatable bonds is 4. The van der Waals surface area contributed by atoms with Gasteiger partial charge in [-0.15, -0.1) is 18.3 Å². The van der Waals surface area contributed by atoms with Crippen LogP contribution in [0.3, 0.4) is 0 Å². The van der Waals surface area contributed by atoms with Gasteiger partial charge in [-0.05, 0) is 24.3 Å². The number of hydrogen-bond donors (Lipinski definition) is 1. The number of thioether (sulfide) groups is 1. The maximum absolute atomic E-state index is 5.63. The van der Waals surface area contributed by atoms with Gasteiger partial charge in [-0.3, -0.25) is 0 Å². The molecule has 1 atom stereocenters. The molecule has 0 spiro atoms. The van der Waals surface area contributed by atoms with Crippen LogP contribution in [0, 0.1) is 0 Å². The molecule has 0 aliphatic carbocycles. The molecule has 1 aromatic carbocycles. The molecule has 3 heteroatoms. The standard InChI is InChI=1S/C11H17NSSi/c1-4-11(14(2)3)13-10-7-5-9(12)6-8-10/h4-8,11,14H,1,12H2,2-3H3. The Kier molecular flexibility index (Phi) is 4.29. The predicted octanol–water partition coefficient (Wildman–Crippen LogP) is 2.94. The Labute approximate surface area is 92.0 Å². The molecule has 0 fully saturated rings. The third-order valence-corrected chi connectivity index (χ3v) is 6.68. The summed E-state index contributed by atoms with van der Waals surface area (Å²) in [5.41, 5.74) is 6.45. The van der Waals surface area contributed by atoms with E-state index in [1.165, 1.54) is 4.90 Å². The Balaban J connectivity index is 2.67. The molecular weight excluding hydrogens is 206 g/mol. The highest BCUT2D eigenvalue weighted by atomic mass is 32.2. The lowest BCUT2D eigenvalue weighted by Gasteiger charge is -2.14. The second-order valence-electron chi connectivity index (χ2n) is 3.63. The van der Waals surface area contributed by atoms with Crippen molar-refractivity contribution in [3.63, 3.8) is 0 Å². The van der Waals surface area contributed by atoms with Crippen molar-refractivity contribution in [3.05, 3.63) is 36.9 Å². The van der Waals surface area contributed by atoms with Gasteiger partial charge >= 0.3 is 0 Å². The maximum Gasteiger partial charge on any atom is 0.0510 e. The molecule has 76 valence electrons. The van der Waals surface area contributed by atoms with E-state index in [0.717, 1.165) is 5.69 Å². The maximum atomic E-state index is 5.63. The minimum Gasteiger partial charge on any atom is -0.399 e. The fourth-order valence-electron chi connectivity index (χ4n) is 1.16. The predicted molar refractivity (Wildman–Crippen MR) is 69.6 cm³/mol. The van der Waals surface area contributed by atoms with Gasteiger partial charge in [0.15, 0.2) is 0 Å². The van der Waals surface area contributed by atoms with Crippen molar-refractivity contribution in [1.82, 2.24) is 0 Å². The SMILES string of the molecule is C=CC(Sc1ccc(N)cc1)[SiH](C)C. The molecule has 0 aliphatic heterocycles. The molecule has 0 aliphatic rings. The average molecular weight is 223 g/mol. The van der Waals surface area contributed by atoms with E-state index < -0.39 is 8.80 Å². The molecule has 0 saturated heterocycles. The Morgan fingerprint density at radius 3 is 2.36 bits per heavy atom. The van der Waals surface area contributed by atoms with E-state index in [2.05, 4.69) is 37.9 Å². The summed E-state index contributed by atoms with van der Waals surface area (Å²) in [6, 6.07) is 8.05. The van der Waals surface area contributed by atoms with Crippen molar-refractivity contribution < 1.29 is 0 Å². The zero-order chi connectivity index (χ0) is 10.6. The van der Waals surface area contributed by atoms with E-state index in [1.807, 2.05) is 23.9 Å². The molecule has 0 saturated carbocycles. The van der Waals surface area contributed by atoms with Gasteiger partial charge in [0, 0.05) is 15.5 Å². The molecular formula is C11H17NSSi. The summed E-state index contributed by atoms with van der Waals surface area (Å²) < 4.78 is 0. The Morgan fingerprint density at radius 1 is 1.36 bits per heavy atom. The van der Waals surface area contributed by atoms with Gasteiger partial charge in [-0.25, -0.2) is 0 Å². The Hall–Kier alpha value is -0.673. The summed E-state index contributed by atoms with van der Waals surface area (Å²) >= 11 is 1.89. The highest BCUT2D eigenvalue weighted by Crippen LogP contribution is 2.26. The van der Waals surface area contributed by atoms with Crippen molar-refractivity contribution in [2.24, 2.45) is 0 Å². The number of anilines is 1. The van der Waals surface area contributed by atoms with Crippen LogP contribution < -0.4 is 5.73 Å². The summed E-state index contributed by atoms with van der Waals surface area (Å²) in [6.07, 6.45) is 2.07. The topological polar surface area (TPSA) is 26.0 Å². The molecule has 1 aromatic rings. The quantitative estimate of drug-likeness (QED) is 0.367. The summed E-state index contributed by atoms with van der Waals surface area (Å²) in [5, 5.41) is 0. The minimum atomic E-state index is -0.654. The first-order valence-electron chi connectivity index (χ1n) is 4.78. The molecule has 1 unspecified atom stereocenters. The van der Waals surface area contributed by atoms with Crippen LogP contribution in [0.1, 0.15) is 0 Å². The largest absolute Gasteiger partial charge is 0.399 e. The summed E-state index contributed by atoms with van der Waals surface area (Å²) in [6.45, 7) is 8.57. The molecule has 0 amide bonds. The molecule has 0 aromatic heterocycles. The van der Waals surface area contributed by atoms with E-state index in [0.29, 0.717) is 4.87 Å². The lowest BCUT2D eigenvalue weighted by atomic mass is 10.3. The highest BCUT2D eigenvalue weighted by Gasteiger charge is 2.11. The first kappa shape index (κ1) is 11.4. The molecule has 1 rings (SSSR count). The van der Waals surface area contributed by atoms with Crippen LogP contribution in [0.4, 0.5) is 5.69 Å². The Bertz CT molecular complexity index is 295. The number of nitrogens with two attached hydrogens (primary N) is 1. The van der Waals surface area contributed by atoms with Gasteiger partial charge in [0.25, 0.3) is 0 Å². The second-order valence-corrected chi connectivity index (χ2v) is 8.57. The van der Waals surface area contributed by atoms with Crippen LogP contribution in [-0.2, 0) is 0 Å². The number of nitrogen functional groups attached to an aromatic ring is 1. The lowest BCUT2D eigenvalue weighted by molar-refractivity contribution is 1.43. The van der Waals surface area contributed by atoms with E-state index in [1.54, 1.807) is 0 Å². The van der Waals surface area contributed by atoms with Crippen LogP contribution in [0.15, 0.2) is 41.8 Å². The fraction of sp³-hybridized carbons (Fsp3) is 0.273. The van der Waals surface area contributed by atoms with Crippen LogP contribution in [0.25, 0.3) is 0 Å². The number of hydrogen-bond acceptors (Lipinski definition) is 2. The summed E-state index contributed by atoms with van der Waals surface area (Å²) in [4.78, 5) is 1.89. The lowest BCUT2D eigenvalue weighted by Crippen LogP contribution is -2.17. The fourth-order valence-corrected chi connectivity index (χ4v) is 3.97. The highest BCUT2D eigenvalue weighted by molar-refractivity contribution is 8.01. The summed E-state index contributed by atoms with van der Waals surface area (Å²) in [7, 11) is -0.654. The van der Waals surface area contributed by atoms with Crippen molar-refractivity contribution in [3.8, 4) is 0 Å². The minimum absolute atomic E-state index is 0.610. The molecule has 14 heavy (non-hydrogen) atoms. The van der Waals surface area contributed by atoms with Crippen molar-refractivity contribution >= 4 is 26.2 Å². The Morgan fingerprint density at radius 2 is 1.93 bits per heavy atom. The smallest absolute Gasteiger partial charge is 0.0510 e. The zero-order valence-corrected chi connectivity index (χ0v) is 10.7. The van der Waals surface area contributed by atoms with Crippen LogP contribution >= 0.6 is 11.8 Å². The van der Waals surface area contributed by atoms with Crippen LogP contribution in [-0.4, -0.2) is 13.7 Å². The van der Waals surface area contributed by atoms with Gasteiger partial charge in [-0.1, -0.05) is 19.2 Å². The molecule has 2 N–H and O–H groups in total. The summed E-state index contributed by atoms with van der Waals surface area (Å²) in [5.74, 6) is 0. The van der Waals surface area contributed by atoms with Gasteiger partial charge in [-0.2, -0.15) is 0 Å². The normalized spacial score (nSPS) is 12.8. The van der Waals surface area contributed by atoms with Crippen molar-refractivity contribution in [2.75, 3.05) is 5.73 Å². The van der Waals surface area contributed by atoms with Gasteiger partial charge < -0.3 is 5.73 Å². The van der Waals surface area contributed by atoms with Crippen molar-refractivity contribution in [1.29, 1.82) is 0 Å². The molecule has 1 nitrogen and oxygen atoms in total. The second kappa shape index (κ2) is 5.27. The van der Waals surface area contributed by atoms with E-state index >= 15 is 0 Å². The van der Waals surface area contributed by atoms with E-state index in [-0.39, 0.29) is 0 Å². The van der Waals surface area contributed by atoms with Crippen LogP contribution in [0.5, 0.6) is 0 Å². The first-order chi connectivity index (χ1) is 6.63. The molecule has 0 bridgehead atoms. The molecule has 0 heterocycles. The van der Waals surface area contributed by atoms with Crippen molar-refractivity contribution in [2.45, 2.75) is 22.9 Å². The molecule has 0 radical (unpaired) electrons. The van der Waals surface area contributed by atoms with Gasteiger partial charge in [0.2, 0.25) is 0 Å². The third-order valence-electron chi connectivity index (χ3n) is 2.04. The monoisotopic (exact) mass is 223 g/mol. The van der Waals surface area contributed by atoms with E-state index in [9.17, 15) is 0 Å². The third kappa shape index (κ3) is 3.23. The zero-order valence-electron chi connectivity index (χ0n) is 8.73. The van der Waals surface area contributed by atoms with E-state index in [4.69, 9.17) is 5.73 Å². The van der Waals surface area contributed by atoms with Gasteiger partial charge in [0.1, 0.15) is 0 Å². The first-order valence-corrected chi connectivity index (χ1v) is 8.64. The average Bonchev–Trinajstić information content (AvgIpc) is 2.16. The van der Waals surface area contributed by atoms with Gasteiger partial charge in [0.05, 0.1) is 8.80 Å². The number of benzene rings is 1.